The number of hydrogen-bond donors (Lipinski definition) is 1. The third-order valence-corrected chi connectivity index (χ3v) is 4.34. The van der Waals surface area contributed by atoms with Crippen LogP contribution >= 0.6 is 27.5 Å². The van der Waals surface area contributed by atoms with Gasteiger partial charge < -0.3 is 5.32 Å². The van der Waals surface area contributed by atoms with E-state index in [4.69, 9.17) is 11.6 Å². The van der Waals surface area contributed by atoms with Crippen molar-refractivity contribution < 1.29 is 4.39 Å². The number of aromatic nitrogens is 1. The average Bonchev–Trinajstić information content (AvgIpc) is 2.46. The number of hydrogen-bond acceptors (Lipinski definition) is 2. The quantitative estimate of drug-likeness (QED) is 0.795. The Morgan fingerprint density at radius 2 is 2.00 bits per heavy atom. The molecule has 1 unspecified atom stereocenters. The molecule has 0 spiro atoms. The number of nitrogens with one attached hydrogen (secondary N) is 1. The van der Waals surface area contributed by atoms with Crippen molar-refractivity contribution in [3.8, 4) is 0 Å². The van der Waals surface area contributed by atoms with Gasteiger partial charge in [0.2, 0.25) is 0 Å². The molecule has 0 fully saturated rings. The fraction of sp³-hybridized carbons (Fsp3) is 0.267. The van der Waals surface area contributed by atoms with Crippen LogP contribution in [0.1, 0.15) is 24.1 Å². The van der Waals surface area contributed by atoms with Gasteiger partial charge in [-0.2, -0.15) is 0 Å². The van der Waals surface area contributed by atoms with Gasteiger partial charge in [-0.25, -0.2) is 4.39 Å². The summed E-state index contributed by atoms with van der Waals surface area (Å²) in [6.45, 7) is 2.75. The molecule has 1 aromatic carbocycles. The van der Waals surface area contributed by atoms with E-state index in [9.17, 15) is 4.39 Å². The van der Waals surface area contributed by atoms with Gasteiger partial charge in [-0.15, -0.1) is 0 Å². The smallest absolute Gasteiger partial charge is 0.147 e. The molecule has 0 saturated carbocycles. The fourth-order valence-corrected chi connectivity index (χ4v) is 2.58. The lowest BCUT2D eigenvalue weighted by molar-refractivity contribution is 0.510. The second-order valence-electron chi connectivity index (χ2n) is 4.43. The molecular weight excluding hydrogens is 343 g/mol. The third-order valence-electron chi connectivity index (χ3n) is 3.08. The van der Waals surface area contributed by atoms with Crippen LogP contribution in [0.3, 0.4) is 0 Å². The monoisotopic (exact) mass is 356 g/mol. The van der Waals surface area contributed by atoms with Crippen LogP contribution in [0.4, 0.5) is 4.39 Å². The van der Waals surface area contributed by atoms with Crippen LogP contribution < -0.4 is 5.32 Å². The summed E-state index contributed by atoms with van der Waals surface area (Å²) in [5.74, 6) is -0.374. The fourth-order valence-electron chi connectivity index (χ4n) is 2.10. The zero-order valence-electron chi connectivity index (χ0n) is 11.0. The molecule has 0 bridgehead atoms. The van der Waals surface area contributed by atoms with E-state index >= 15 is 0 Å². The number of halogens is 3. The Balaban J connectivity index is 2.31. The van der Waals surface area contributed by atoms with Crippen molar-refractivity contribution in [2.45, 2.75) is 19.4 Å². The van der Waals surface area contributed by atoms with Crippen LogP contribution in [-0.4, -0.2) is 11.5 Å². The molecule has 20 heavy (non-hydrogen) atoms. The second-order valence-corrected chi connectivity index (χ2v) is 5.67. The van der Waals surface area contributed by atoms with Crippen LogP contribution in [0.2, 0.25) is 5.02 Å². The maximum Gasteiger partial charge on any atom is 0.147 e. The standard InChI is InChI=1S/C15H15BrClFN2/c1-2-20-13(9-10-5-7-19-8-6-10)11-3-4-12(16)14(17)15(11)18/h3-8,13,20H,2,9H2,1H3. The molecule has 0 aliphatic carbocycles. The predicted octanol–water partition coefficient (Wildman–Crippen LogP) is 4.53. The molecule has 2 aromatic rings. The summed E-state index contributed by atoms with van der Waals surface area (Å²) in [5.41, 5.74) is 1.68. The van der Waals surface area contributed by atoms with Crippen LogP contribution in [0.25, 0.3) is 0 Å². The van der Waals surface area contributed by atoms with E-state index in [1.165, 1.54) is 0 Å². The molecule has 1 N–H and O–H groups in total. The maximum absolute atomic E-state index is 14.3. The van der Waals surface area contributed by atoms with Gasteiger partial charge in [-0.3, -0.25) is 4.98 Å². The van der Waals surface area contributed by atoms with Gasteiger partial charge in [-0.05, 0) is 52.7 Å². The summed E-state index contributed by atoms with van der Waals surface area (Å²) < 4.78 is 14.9. The van der Waals surface area contributed by atoms with Crippen molar-refractivity contribution in [2.24, 2.45) is 0 Å². The van der Waals surface area contributed by atoms with Crippen LogP contribution in [-0.2, 0) is 6.42 Å². The minimum absolute atomic E-state index is 0.118. The zero-order chi connectivity index (χ0) is 14.5. The molecule has 1 atom stereocenters. The normalized spacial score (nSPS) is 12.4. The Morgan fingerprint density at radius 1 is 1.30 bits per heavy atom. The van der Waals surface area contributed by atoms with Gasteiger partial charge in [0.15, 0.2) is 0 Å². The van der Waals surface area contributed by atoms with E-state index in [-0.39, 0.29) is 16.9 Å². The topological polar surface area (TPSA) is 24.9 Å². The van der Waals surface area contributed by atoms with Crippen LogP contribution in [0.15, 0.2) is 41.1 Å². The highest BCUT2D eigenvalue weighted by Gasteiger charge is 2.18. The first-order chi connectivity index (χ1) is 9.63. The van der Waals surface area contributed by atoms with Gasteiger partial charge in [-0.1, -0.05) is 24.6 Å². The molecule has 5 heteroatoms. The molecule has 1 heterocycles. The number of benzene rings is 1. The molecule has 0 saturated heterocycles. The summed E-state index contributed by atoms with van der Waals surface area (Å²) in [6.07, 6.45) is 4.16. The highest BCUT2D eigenvalue weighted by molar-refractivity contribution is 9.10. The molecule has 0 aliphatic heterocycles. The first-order valence-electron chi connectivity index (χ1n) is 6.39. The zero-order valence-corrected chi connectivity index (χ0v) is 13.4. The Bertz CT molecular complexity index is 578. The largest absolute Gasteiger partial charge is 0.310 e. The Kier molecular flexibility index (Phi) is 5.52. The Morgan fingerprint density at radius 3 is 2.65 bits per heavy atom. The third kappa shape index (κ3) is 3.57. The highest BCUT2D eigenvalue weighted by Crippen LogP contribution is 2.31. The molecule has 106 valence electrons. The summed E-state index contributed by atoms with van der Waals surface area (Å²) in [6, 6.07) is 7.29. The first-order valence-corrected chi connectivity index (χ1v) is 7.56. The number of nitrogens with zero attached hydrogens (tertiary/aromatic N) is 1. The molecule has 0 radical (unpaired) electrons. The SMILES string of the molecule is CCNC(Cc1ccncc1)c1ccc(Br)c(Cl)c1F. The van der Waals surface area contributed by atoms with Crippen molar-refractivity contribution in [2.75, 3.05) is 6.54 Å². The Hall–Kier alpha value is -0.970. The van der Waals surface area contributed by atoms with E-state index < -0.39 is 0 Å². The highest BCUT2D eigenvalue weighted by atomic mass is 79.9. The van der Waals surface area contributed by atoms with Crippen molar-refractivity contribution in [3.63, 3.8) is 0 Å². The molecule has 2 rings (SSSR count). The van der Waals surface area contributed by atoms with Gasteiger partial charge in [0.05, 0.1) is 5.02 Å². The lowest BCUT2D eigenvalue weighted by Crippen LogP contribution is -2.24. The van der Waals surface area contributed by atoms with E-state index in [0.29, 0.717) is 16.5 Å². The van der Waals surface area contributed by atoms with Crippen molar-refractivity contribution in [1.82, 2.24) is 10.3 Å². The summed E-state index contributed by atoms with van der Waals surface area (Å²) >= 11 is 9.20. The van der Waals surface area contributed by atoms with E-state index in [0.717, 1.165) is 12.1 Å². The minimum Gasteiger partial charge on any atom is -0.310 e. The lowest BCUT2D eigenvalue weighted by Gasteiger charge is -2.20. The molecule has 0 amide bonds. The number of rotatable bonds is 5. The van der Waals surface area contributed by atoms with Crippen molar-refractivity contribution in [1.29, 1.82) is 0 Å². The molecule has 1 aromatic heterocycles. The minimum atomic E-state index is -0.374. The Labute approximate surface area is 131 Å². The maximum atomic E-state index is 14.3. The van der Waals surface area contributed by atoms with Gasteiger partial charge in [0.1, 0.15) is 5.82 Å². The van der Waals surface area contributed by atoms with Crippen LogP contribution in [0.5, 0.6) is 0 Å². The summed E-state index contributed by atoms with van der Waals surface area (Å²) in [4.78, 5) is 3.99. The van der Waals surface area contributed by atoms with E-state index in [2.05, 4.69) is 26.2 Å². The lowest BCUT2D eigenvalue weighted by atomic mass is 9.99. The number of likely N-dealkylation sites (N-methyl/N-ethyl adjacent to an activating group) is 1. The van der Waals surface area contributed by atoms with Crippen molar-refractivity contribution in [3.05, 3.63) is 63.1 Å². The van der Waals surface area contributed by atoms with Gasteiger partial charge in [0, 0.05) is 28.5 Å². The molecule has 2 nitrogen and oxygen atoms in total. The summed E-state index contributed by atoms with van der Waals surface area (Å²) in [7, 11) is 0. The molecule has 0 aliphatic rings. The van der Waals surface area contributed by atoms with Gasteiger partial charge in [0.25, 0.3) is 0 Å². The second kappa shape index (κ2) is 7.16. The van der Waals surface area contributed by atoms with Gasteiger partial charge >= 0.3 is 0 Å². The average molecular weight is 358 g/mol. The predicted molar refractivity (Wildman–Crippen MR) is 83.5 cm³/mol. The first kappa shape index (κ1) is 15.4. The van der Waals surface area contributed by atoms with E-state index in [1.54, 1.807) is 24.5 Å². The summed E-state index contributed by atoms with van der Waals surface area (Å²) in [5, 5.41) is 3.43. The van der Waals surface area contributed by atoms with Crippen molar-refractivity contribution >= 4 is 27.5 Å². The molecular formula is C15H15BrClFN2. The van der Waals surface area contributed by atoms with Crippen LogP contribution in [0, 0.1) is 5.82 Å². The van der Waals surface area contributed by atoms with E-state index in [1.807, 2.05) is 19.1 Å². The number of pyridine rings is 1.